The van der Waals surface area contributed by atoms with Crippen LogP contribution in [0.4, 0.5) is 11.8 Å². The molecular weight excluding hydrogens is 512 g/mol. The van der Waals surface area contributed by atoms with Gasteiger partial charge in [0, 0.05) is 42.0 Å². The van der Waals surface area contributed by atoms with Crippen LogP contribution in [0, 0.1) is 5.41 Å². The summed E-state index contributed by atoms with van der Waals surface area (Å²) in [4.78, 5) is 12.0. The van der Waals surface area contributed by atoms with Gasteiger partial charge in [0.15, 0.2) is 5.82 Å². The smallest absolute Gasteiger partial charge is 0.222 e. The molecule has 1 spiro atoms. The Morgan fingerprint density at radius 2 is 2.00 bits per heavy atom. The second kappa shape index (κ2) is 10.7. The first-order valence-corrected chi connectivity index (χ1v) is 15.0. The number of para-hydroxylation sites is 1. The Bertz CT molecular complexity index is 1610. The van der Waals surface area contributed by atoms with Crippen LogP contribution in [0.3, 0.4) is 0 Å². The molecule has 214 valence electrons. The first-order valence-electron chi connectivity index (χ1n) is 15.0. The highest BCUT2D eigenvalue weighted by Crippen LogP contribution is 2.49. The number of rotatable bonds is 9. The van der Waals surface area contributed by atoms with Gasteiger partial charge in [0.25, 0.3) is 0 Å². The van der Waals surface area contributed by atoms with E-state index in [1.807, 2.05) is 0 Å². The third kappa shape index (κ3) is 4.73. The predicted octanol–water partition coefficient (Wildman–Crippen LogP) is 5.70. The second-order valence-electron chi connectivity index (χ2n) is 12.1. The summed E-state index contributed by atoms with van der Waals surface area (Å²) in [6, 6.07) is 15.8. The topological polar surface area (TPSA) is 90.5 Å². The average molecular weight is 553 g/mol. The molecule has 2 aromatic heterocycles. The summed E-state index contributed by atoms with van der Waals surface area (Å²) in [6.45, 7) is 7.74. The molecule has 0 radical (unpaired) electrons. The highest BCUT2D eigenvalue weighted by Gasteiger charge is 2.51. The zero-order valence-electron chi connectivity index (χ0n) is 24.2. The van der Waals surface area contributed by atoms with Crippen molar-refractivity contribution in [3.63, 3.8) is 0 Å². The van der Waals surface area contributed by atoms with E-state index in [1.165, 1.54) is 24.0 Å². The van der Waals surface area contributed by atoms with Gasteiger partial charge in [-0.15, -0.1) is 0 Å². The van der Waals surface area contributed by atoms with Crippen LogP contribution in [0.2, 0.25) is 0 Å². The summed E-state index contributed by atoms with van der Waals surface area (Å²) in [7, 11) is 1.75. The van der Waals surface area contributed by atoms with Crippen molar-refractivity contribution >= 4 is 39.3 Å². The van der Waals surface area contributed by atoms with Gasteiger partial charge in [0.1, 0.15) is 16.8 Å². The van der Waals surface area contributed by atoms with Gasteiger partial charge in [0.2, 0.25) is 5.95 Å². The van der Waals surface area contributed by atoms with E-state index in [-0.39, 0.29) is 5.95 Å². The number of benzene rings is 2. The number of nitrogens with zero attached hydrogens (tertiary/aromatic N) is 4. The molecule has 4 heterocycles. The number of aromatic nitrogens is 3. The molecule has 2 aromatic carbocycles. The van der Waals surface area contributed by atoms with E-state index in [0.29, 0.717) is 12.0 Å². The van der Waals surface area contributed by atoms with E-state index >= 15 is 0 Å². The maximum absolute atomic E-state index is 6.19. The maximum atomic E-state index is 6.19. The van der Waals surface area contributed by atoms with Crippen LogP contribution in [0.1, 0.15) is 50.2 Å². The quantitative estimate of drug-likeness (QED) is 0.257. The SMILES string of the molecule is CCCCNc1nc(N)nc2c3ccccc3n(Cc3cc(C4=CCN(C5CC6(COC6)C5)CC4)ccc3OC)c12. The Labute approximate surface area is 241 Å². The van der Waals surface area contributed by atoms with Gasteiger partial charge in [-0.05, 0) is 55.0 Å². The summed E-state index contributed by atoms with van der Waals surface area (Å²) in [5.74, 6) is 1.96. The second-order valence-corrected chi connectivity index (χ2v) is 12.1. The highest BCUT2D eigenvalue weighted by atomic mass is 16.5. The normalized spacial score (nSPS) is 18.8. The molecule has 3 aliphatic rings. The highest BCUT2D eigenvalue weighted by molar-refractivity contribution is 6.09. The van der Waals surface area contributed by atoms with Gasteiger partial charge in [-0.3, -0.25) is 4.90 Å². The first-order chi connectivity index (χ1) is 20.1. The van der Waals surface area contributed by atoms with E-state index in [0.717, 1.165) is 97.2 Å². The number of nitrogens with two attached hydrogens (primary N) is 1. The lowest BCUT2D eigenvalue weighted by Gasteiger charge is -2.56. The van der Waals surface area contributed by atoms with Crippen molar-refractivity contribution < 1.29 is 9.47 Å². The average Bonchev–Trinajstić information content (AvgIpc) is 3.25. The fourth-order valence-electron chi connectivity index (χ4n) is 6.99. The largest absolute Gasteiger partial charge is 0.496 e. The third-order valence-corrected chi connectivity index (χ3v) is 9.33. The molecular formula is C33H40N6O2. The van der Waals surface area contributed by atoms with E-state index in [2.05, 4.69) is 75.2 Å². The number of anilines is 2. The standard InChI is InChI=1S/C33H40N6O2/c1-3-4-13-35-31-30-29(36-32(34)37-31)26-7-5-6-8-27(26)39(30)19-24-16-23(9-10-28(24)40-2)22-11-14-38(15-12-22)25-17-33(18-25)20-41-21-33/h5-11,16,25H,3-4,12-15,17-21H2,1-2H3,(H3,34,35,36,37). The number of nitrogens with one attached hydrogen (secondary N) is 1. The van der Waals surface area contributed by atoms with Crippen LogP contribution in [0.5, 0.6) is 5.75 Å². The molecule has 1 saturated heterocycles. The summed E-state index contributed by atoms with van der Waals surface area (Å²) in [5, 5.41) is 4.62. The van der Waals surface area contributed by atoms with E-state index in [1.54, 1.807) is 7.11 Å². The van der Waals surface area contributed by atoms with Crippen molar-refractivity contribution in [1.82, 2.24) is 19.4 Å². The molecule has 0 atom stereocenters. The Morgan fingerprint density at radius 3 is 2.73 bits per heavy atom. The van der Waals surface area contributed by atoms with Gasteiger partial charge in [-0.2, -0.15) is 4.98 Å². The minimum absolute atomic E-state index is 0.287. The number of unbranched alkanes of at least 4 members (excludes halogenated alkanes) is 1. The lowest BCUT2D eigenvalue weighted by Crippen LogP contribution is -2.60. The van der Waals surface area contributed by atoms with Crippen LogP contribution < -0.4 is 15.8 Å². The Kier molecular flexibility index (Phi) is 6.83. The fourth-order valence-corrected chi connectivity index (χ4v) is 6.99. The molecule has 1 saturated carbocycles. The Hall–Kier alpha value is -3.62. The number of fused-ring (bicyclic) bond motifs is 3. The number of methoxy groups -OCH3 is 1. The van der Waals surface area contributed by atoms with Crippen molar-refractivity contribution in [1.29, 1.82) is 0 Å². The molecule has 3 N–H and O–H groups in total. The molecule has 2 fully saturated rings. The summed E-state index contributed by atoms with van der Waals surface area (Å²) >= 11 is 0. The molecule has 4 aromatic rings. The molecule has 41 heavy (non-hydrogen) atoms. The number of hydrogen-bond acceptors (Lipinski definition) is 7. The van der Waals surface area contributed by atoms with Gasteiger partial charge in [-0.1, -0.05) is 43.7 Å². The molecule has 0 amide bonds. The Balaban J connectivity index is 1.21. The first kappa shape index (κ1) is 26.3. The predicted molar refractivity (Wildman–Crippen MR) is 165 cm³/mol. The Morgan fingerprint density at radius 1 is 1.15 bits per heavy atom. The van der Waals surface area contributed by atoms with Crippen molar-refractivity contribution in [2.24, 2.45) is 5.41 Å². The monoisotopic (exact) mass is 552 g/mol. The molecule has 1 aliphatic carbocycles. The van der Waals surface area contributed by atoms with E-state index in [4.69, 9.17) is 20.2 Å². The van der Waals surface area contributed by atoms with Crippen LogP contribution in [0.25, 0.3) is 27.5 Å². The lowest BCUT2D eigenvalue weighted by molar-refractivity contribution is -0.183. The molecule has 2 aliphatic heterocycles. The molecule has 8 heteroatoms. The number of hydrogen-bond donors (Lipinski definition) is 2. The van der Waals surface area contributed by atoms with Crippen molar-refractivity contribution in [3.8, 4) is 5.75 Å². The fraction of sp³-hybridized carbons (Fsp3) is 0.455. The number of ether oxygens (including phenoxy) is 2. The minimum Gasteiger partial charge on any atom is -0.496 e. The van der Waals surface area contributed by atoms with Gasteiger partial charge in [0.05, 0.1) is 32.4 Å². The number of nitrogen functional groups attached to an aromatic ring is 1. The molecule has 0 bridgehead atoms. The van der Waals surface area contributed by atoms with Crippen LogP contribution in [-0.4, -0.2) is 65.4 Å². The van der Waals surface area contributed by atoms with Crippen molar-refractivity contribution in [3.05, 3.63) is 59.7 Å². The van der Waals surface area contributed by atoms with Crippen molar-refractivity contribution in [2.75, 3.05) is 51.0 Å². The third-order valence-electron chi connectivity index (χ3n) is 9.33. The van der Waals surface area contributed by atoms with Crippen LogP contribution >= 0.6 is 0 Å². The minimum atomic E-state index is 0.287. The van der Waals surface area contributed by atoms with Gasteiger partial charge >= 0.3 is 0 Å². The van der Waals surface area contributed by atoms with Gasteiger partial charge in [-0.25, -0.2) is 4.98 Å². The zero-order chi connectivity index (χ0) is 28.0. The zero-order valence-corrected chi connectivity index (χ0v) is 24.2. The molecule has 7 rings (SSSR count). The van der Waals surface area contributed by atoms with Crippen LogP contribution in [0.15, 0.2) is 48.5 Å². The van der Waals surface area contributed by atoms with Crippen molar-refractivity contribution in [2.45, 2.75) is 51.6 Å². The van der Waals surface area contributed by atoms with E-state index in [9.17, 15) is 0 Å². The summed E-state index contributed by atoms with van der Waals surface area (Å²) in [5.41, 5.74) is 13.5. The van der Waals surface area contributed by atoms with Gasteiger partial charge < -0.3 is 25.1 Å². The van der Waals surface area contributed by atoms with Crippen LogP contribution in [-0.2, 0) is 11.3 Å². The van der Waals surface area contributed by atoms with E-state index < -0.39 is 0 Å². The molecule has 8 nitrogen and oxygen atoms in total. The summed E-state index contributed by atoms with van der Waals surface area (Å²) < 4.78 is 13.7. The maximum Gasteiger partial charge on any atom is 0.222 e. The lowest BCUT2D eigenvalue weighted by atomic mass is 9.63. The molecule has 0 unspecified atom stereocenters. The summed E-state index contributed by atoms with van der Waals surface area (Å²) in [6.07, 6.45) is 8.26.